The molecule has 2 heterocycles. The van der Waals surface area contributed by atoms with E-state index in [4.69, 9.17) is 4.74 Å². The second kappa shape index (κ2) is 8.73. The van der Waals surface area contributed by atoms with E-state index in [0.717, 1.165) is 17.0 Å². The number of hydrogen-bond donors (Lipinski definition) is 0. The average molecular weight is 391 g/mol. The maximum absolute atomic E-state index is 12.9. The zero-order valence-electron chi connectivity index (χ0n) is 17.2. The number of hydrogen-bond acceptors (Lipinski definition) is 4. The zero-order chi connectivity index (χ0) is 21.0. The molecule has 0 aliphatic rings. The smallest absolute Gasteiger partial charge is 0.405 e. The number of nitrogens with zero attached hydrogens (tertiary/aromatic N) is 3. The summed E-state index contributed by atoms with van der Waals surface area (Å²) >= 11 is 0. The van der Waals surface area contributed by atoms with Crippen molar-refractivity contribution in [1.82, 2.24) is 14.3 Å². The summed E-state index contributed by atoms with van der Waals surface area (Å²) in [6.45, 7) is 8.61. The second-order valence-corrected chi connectivity index (χ2v) is 6.68. The number of carbonyl (C=O) groups excluding carboxylic acids is 2. The first kappa shape index (κ1) is 20.3. The monoisotopic (exact) mass is 391 g/mol. The van der Waals surface area contributed by atoms with Crippen LogP contribution in [0.5, 0.6) is 5.75 Å². The van der Waals surface area contributed by atoms with Crippen molar-refractivity contribution in [2.75, 3.05) is 13.1 Å². The second-order valence-electron chi connectivity index (χ2n) is 6.68. The van der Waals surface area contributed by atoms with Crippen LogP contribution in [0.2, 0.25) is 0 Å². The number of rotatable bonds is 6. The minimum Gasteiger partial charge on any atom is -0.405 e. The van der Waals surface area contributed by atoms with Gasteiger partial charge in [0.15, 0.2) is 17.2 Å². The predicted molar refractivity (Wildman–Crippen MR) is 113 cm³/mol. The summed E-state index contributed by atoms with van der Waals surface area (Å²) in [5.41, 5.74) is 3.42. The van der Waals surface area contributed by atoms with E-state index in [1.807, 2.05) is 62.4 Å². The van der Waals surface area contributed by atoms with Crippen molar-refractivity contribution in [2.45, 2.75) is 27.7 Å². The van der Waals surface area contributed by atoms with E-state index in [0.29, 0.717) is 24.3 Å². The Morgan fingerprint density at radius 3 is 2.45 bits per heavy atom. The summed E-state index contributed by atoms with van der Waals surface area (Å²) in [6, 6.07) is 11.2. The largest absolute Gasteiger partial charge is 0.415 e. The van der Waals surface area contributed by atoms with Crippen molar-refractivity contribution in [3.8, 4) is 5.75 Å². The Bertz CT molecular complexity index is 1060. The fraction of sp³-hybridized carbons (Fsp3) is 0.261. The molecule has 6 nitrogen and oxygen atoms in total. The van der Waals surface area contributed by atoms with Crippen molar-refractivity contribution >= 4 is 23.6 Å². The van der Waals surface area contributed by atoms with Crippen LogP contribution in [-0.2, 0) is 0 Å². The van der Waals surface area contributed by atoms with Crippen LogP contribution in [0.4, 0.5) is 4.79 Å². The van der Waals surface area contributed by atoms with Crippen LogP contribution in [0, 0.1) is 13.8 Å². The molecule has 1 aromatic carbocycles. The van der Waals surface area contributed by atoms with Gasteiger partial charge in [-0.2, -0.15) is 0 Å². The fourth-order valence-electron chi connectivity index (χ4n) is 3.07. The lowest BCUT2D eigenvalue weighted by atomic mass is 10.1. The number of aryl methyl sites for hydroxylation is 2. The highest BCUT2D eigenvalue weighted by Crippen LogP contribution is 2.28. The highest BCUT2D eigenvalue weighted by molar-refractivity contribution is 6.10. The van der Waals surface area contributed by atoms with Gasteiger partial charge in [0.25, 0.3) is 0 Å². The SMILES string of the molecule is CCN(CC)C(=O)Oc1c(C(=O)/C=C/c2ccccc2)ccn2c(C)c(C)nc12. The molecule has 0 N–H and O–H groups in total. The molecule has 0 spiro atoms. The van der Waals surface area contributed by atoms with E-state index in [2.05, 4.69) is 4.98 Å². The minimum absolute atomic E-state index is 0.184. The third-order valence-electron chi connectivity index (χ3n) is 4.93. The summed E-state index contributed by atoms with van der Waals surface area (Å²) in [4.78, 5) is 31.6. The quantitative estimate of drug-likeness (QED) is 0.452. The molecule has 3 aromatic rings. The molecular weight excluding hydrogens is 366 g/mol. The van der Waals surface area contributed by atoms with E-state index in [9.17, 15) is 9.59 Å². The van der Waals surface area contributed by atoms with Gasteiger partial charge in [-0.3, -0.25) is 4.79 Å². The Labute approximate surface area is 170 Å². The molecular formula is C23H25N3O3. The van der Waals surface area contributed by atoms with Crippen LogP contribution < -0.4 is 4.74 Å². The maximum Gasteiger partial charge on any atom is 0.415 e. The molecule has 2 aromatic heterocycles. The number of amides is 1. The van der Waals surface area contributed by atoms with Crippen molar-refractivity contribution < 1.29 is 14.3 Å². The highest BCUT2D eigenvalue weighted by atomic mass is 16.6. The van der Waals surface area contributed by atoms with Crippen molar-refractivity contribution in [3.63, 3.8) is 0 Å². The number of aromatic nitrogens is 2. The molecule has 0 fully saturated rings. The number of pyridine rings is 1. The molecule has 6 heteroatoms. The van der Waals surface area contributed by atoms with Gasteiger partial charge in [-0.25, -0.2) is 9.78 Å². The van der Waals surface area contributed by atoms with Crippen molar-refractivity contribution in [3.05, 3.63) is 71.2 Å². The van der Waals surface area contributed by atoms with E-state index in [-0.39, 0.29) is 11.5 Å². The van der Waals surface area contributed by atoms with Gasteiger partial charge in [-0.05, 0) is 45.4 Å². The number of ketones is 1. The Balaban J connectivity index is 2.05. The van der Waals surface area contributed by atoms with Crippen LogP contribution in [0.1, 0.15) is 41.2 Å². The first-order valence-electron chi connectivity index (χ1n) is 9.68. The molecule has 0 saturated carbocycles. The summed E-state index contributed by atoms with van der Waals surface area (Å²) in [6.07, 6.45) is 4.51. The van der Waals surface area contributed by atoms with Gasteiger partial charge >= 0.3 is 6.09 Å². The van der Waals surface area contributed by atoms with Crippen LogP contribution in [0.15, 0.2) is 48.7 Å². The number of ether oxygens (including phenoxy) is 1. The molecule has 0 unspecified atom stereocenters. The lowest BCUT2D eigenvalue weighted by molar-refractivity contribution is 0.104. The van der Waals surface area contributed by atoms with E-state index < -0.39 is 6.09 Å². The molecule has 0 atom stereocenters. The Morgan fingerprint density at radius 1 is 1.10 bits per heavy atom. The summed E-state index contributed by atoms with van der Waals surface area (Å²) in [5, 5.41) is 0. The third kappa shape index (κ3) is 4.21. The normalized spacial score (nSPS) is 11.2. The maximum atomic E-state index is 12.9. The topological polar surface area (TPSA) is 63.9 Å². The first-order chi connectivity index (χ1) is 14.0. The predicted octanol–water partition coefficient (Wildman–Crippen LogP) is 4.69. The molecule has 0 bridgehead atoms. The standard InChI is InChI=1S/C23H25N3O3/c1-5-25(6-2)23(28)29-21-19(14-15-26-17(4)16(3)24-22(21)26)20(27)13-12-18-10-8-7-9-11-18/h7-15H,5-6H2,1-4H3/b13-12+. The Kier molecular flexibility index (Phi) is 6.12. The number of fused-ring (bicyclic) bond motifs is 1. The van der Waals surface area contributed by atoms with Crippen LogP contribution in [-0.4, -0.2) is 39.3 Å². The van der Waals surface area contributed by atoms with Crippen molar-refractivity contribution in [1.29, 1.82) is 0 Å². The van der Waals surface area contributed by atoms with Crippen LogP contribution in [0.3, 0.4) is 0 Å². The number of benzene rings is 1. The molecule has 29 heavy (non-hydrogen) atoms. The van der Waals surface area contributed by atoms with Crippen LogP contribution in [0.25, 0.3) is 11.7 Å². The van der Waals surface area contributed by atoms with E-state index in [1.54, 1.807) is 23.2 Å². The molecule has 0 aliphatic carbocycles. The fourth-order valence-corrected chi connectivity index (χ4v) is 3.07. The van der Waals surface area contributed by atoms with Gasteiger partial charge in [0.2, 0.25) is 0 Å². The Hall–Kier alpha value is -3.41. The number of imidazole rings is 1. The van der Waals surface area contributed by atoms with Gasteiger partial charge in [-0.1, -0.05) is 36.4 Å². The summed E-state index contributed by atoms with van der Waals surface area (Å²) in [7, 11) is 0. The van der Waals surface area contributed by atoms with Crippen molar-refractivity contribution in [2.24, 2.45) is 0 Å². The molecule has 1 amide bonds. The molecule has 0 radical (unpaired) electrons. The van der Waals surface area contributed by atoms with Gasteiger partial charge in [0, 0.05) is 25.0 Å². The zero-order valence-corrected chi connectivity index (χ0v) is 17.2. The van der Waals surface area contributed by atoms with Gasteiger partial charge < -0.3 is 14.0 Å². The minimum atomic E-state index is -0.498. The third-order valence-corrected chi connectivity index (χ3v) is 4.93. The van der Waals surface area contributed by atoms with E-state index >= 15 is 0 Å². The lowest BCUT2D eigenvalue weighted by Gasteiger charge is -2.19. The van der Waals surface area contributed by atoms with Gasteiger partial charge in [0.1, 0.15) is 0 Å². The lowest BCUT2D eigenvalue weighted by Crippen LogP contribution is -2.33. The highest BCUT2D eigenvalue weighted by Gasteiger charge is 2.22. The molecule has 0 saturated heterocycles. The van der Waals surface area contributed by atoms with Gasteiger partial charge in [0.05, 0.1) is 11.3 Å². The number of allylic oxidation sites excluding steroid dienone is 1. The Morgan fingerprint density at radius 2 is 1.79 bits per heavy atom. The summed E-state index contributed by atoms with van der Waals surface area (Å²) in [5.74, 6) is -0.0692. The molecule has 0 aliphatic heterocycles. The summed E-state index contributed by atoms with van der Waals surface area (Å²) < 4.78 is 7.52. The number of carbonyl (C=O) groups is 2. The average Bonchev–Trinajstić information content (AvgIpc) is 3.02. The molecule has 150 valence electrons. The molecule has 3 rings (SSSR count). The van der Waals surface area contributed by atoms with E-state index in [1.165, 1.54) is 6.08 Å². The van der Waals surface area contributed by atoms with Gasteiger partial charge in [-0.15, -0.1) is 0 Å². The van der Waals surface area contributed by atoms with Crippen LogP contribution >= 0.6 is 0 Å². The first-order valence-corrected chi connectivity index (χ1v) is 9.68.